The van der Waals surface area contributed by atoms with Gasteiger partial charge in [-0.25, -0.2) is 0 Å². The highest BCUT2D eigenvalue weighted by molar-refractivity contribution is 5.85. The number of carbonyl (C=O) groups is 1. The molecule has 0 unspecified atom stereocenters. The molecule has 98 valence electrons. The summed E-state index contributed by atoms with van der Waals surface area (Å²) in [6.45, 7) is 0. The van der Waals surface area contributed by atoms with E-state index >= 15 is 0 Å². The molecular weight excluding hydrogens is 232 g/mol. The SMILES string of the molecule is COC(=O)C1(c2ccc(OC)cc2OC)CCC1. The molecule has 4 heteroatoms. The first-order chi connectivity index (χ1) is 8.67. The number of ether oxygens (including phenoxy) is 3. The van der Waals surface area contributed by atoms with Gasteiger partial charge in [-0.3, -0.25) is 4.79 Å². The Labute approximate surface area is 107 Å². The van der Waals surface area contributed by atoms with Crippen molar-refractivity contribution in [2.45, 2.75) is 24.7 Å². The fraction of sp³-hybridized carbons (Fsp3) is 0.500. The highest BCUT2D eigenvalue weighted by Crippen LogP contribution is 2.48. The van der Waals surface area contributed by atoms with Gasteiger partial charge in [0.2, 0.25) is 0 Å². The summed E-state index contributed by atoms with van der Waals surface area (Å²) in [6.07, 6.45) is 2.65. The molecule has 1 aromatic carbocycles. The molecule has 1 saturated carbocycles. The smallest absolute Gasteiger partial charge is 0.316 e. The maximum Gasteiger partial charge on any atom is 0.316 e. The van der Waals surface area contributed by atoms with Crippen molar-refractivity contribution in [3.63, 3.8) is 0 Å². The normalized spacial score (nSPS) is 16.6. The standard InChI is InChI=1S/C14H18O4/c1-16-10-5-6-11(12(9-10)17-2)14(7-4-8-14)13(15)18-3/h5-6,9H,4,7-8H2,1-3H3. The van der Waals surface area contributed by atoms with Gasteiger partial charge in [0.1, 0.15) is 11.5 Å². The van der Waals surface area contributed by atoms with Crippen LogP contribution >= 0.6 is 0 Å². The van der Waals surface area contributed by atoms with Gasteiger partial charge in [-0.15, -0.1) is 0 Å². The van der Waals surface area contributed by atoms with Crippen molar-refractivity contribution in [2.75, 3.05) is 21.3 Å². The van der Waals surface area contributed by atoms with E-state index in [0.29, 0.717) is 5.75 Å². The third-order valence-corrected chi connectivity index (χ3v) is 3.71. The summed E-state index contributed by atoms with van der Waals surface area (Å²) in [6, 6.07) is 5.55. The highest BCUT2D eigenvalue weighted by Gasteiger charge is 2.48. The lowest BCUT2D eigenvalue weighted by Crippen LogP contribution is -2.43. The minimum atomic E-state index is -0.535. The van der Waals surface area contributed by atoms with E-state index in [-0.39, 0.29) is 5.97 Å². The van der Waals surface area contributed by atoms with Crippen molar-refractivity contribution in [1.82, 2.24) is 0 Å². The van der Waals surface area contributed by atoms with Gasteiger partial charge in [-0.2, -0.15) is 0 Å². The van der Waals surface area contributed by atoms with Crippen molar-refractivity contribution in [1.29, 1.82) is 0 Å². The van der Waals surface area contributed by atoms with Gasteiger partial charge in [-0.05, 0) is 18.9 Å². The average Bonchev–Trinajstić information content (AvgIpc) is 2.37. The molecule has 1 aromatic rings. The zero-order valence-electron chi connectivity index (χ0n) is 11.0. The molecular formula is C14H18O4. The van der Waals surface area contributed by atoms with Gasteiger partial charge in [-0.1, -0.05) is 12.5 Å². The second kappa shape index (κ2) is 4.88. The number of rotatable bonds is 4. The molecule has 0 bridgehead atoms. The monoisotopic (exact) mass is 250 g/mol. The van der Waals surface area contributed by atoms with Crippen LogP contribution in [-0.2, 0) is 14.9 Å². The van der Waals surface area contributed by atoms with E-state index in [0.717, 1.165) is 30.6 Å². The molecule has 0 saturated heterocycles. The van der Waals surface area contributed by atoms with E-state index in [1.807, 2.05) is 12.1 Å². The molecule has 18 heavy (non-hydrogen) atoms. The predicted octanol–water partition coefficient (Wildman–Crippen LogP) is 2.30. The van der Waals surface area contributed by atoms with E-state index in [2.05, 4.69) is 0 Å². The van der Waals surface area contributed by atoms with Gasteiger partial charge in [0.25, 0.3) is 0 Å². The van der Waals surface area contributed by atoms with Crippen molar-refractivity contribution in [3.8, 4) is 11.5 Å². The summed E-state index contributed by atoms with van der Waals surface area (Å²) in [7, 11) is 4.63. The van der Waals surface area contributed by atoms with Crippen molar-refractivity contribution in [2.24, 2.45) is 0 Å². The van der Waals surface area contributed by atoms with Crippen molar-refractivity contribution in [3.05, 3.63) is 23.8 Å². The third-order valence-electron chi connectivity index (χ3n) is 3.71. The molecule has 1 aliphatic carbocycles. The Hall–Kier alpha value is -1.71. The van der Waals surface area contributed by atoms with E-state index in [4.69, 9.17) is 14.2 Å². The highest BCUT2D eigenvalue weighted by atomic mass is 16.5. The maximum absolute atomic E-state index is 12.0. The second-order valence-electron chi connectivity index (χ2n) is 4.49. The number of carbonyl (C=O) groups excluding carboxylic acids is 1. The minimum Gasteiger partial charge on any atom is -0.497 e. The number of hydrogen-bond donors (Lipinski definition) is 0. The van der Waals surface area contributed by atoms with E-state index < -0.39 is 5.41 Å². The Morgan fingerprint density at radius 3 is 2.33 bits per heavy atom. The fourth-order valence-electron chi connectivity index (χ4n) is 2.50. The van der Waals surface area contributed by atoms with Crippen molar-refractivity contribution >= 4 is 5.97 Å². The lowest BCUT2D eigenvalue weighted by atomic mass is 9.64. The molecule has 1 fully saturated rings. The Balaban J connectivity index is 2.45. The zero-order valence-corrected chi connectivity index (χ0v) is 11.0. The summed E-state index contributed by atoms with van der Waals surface area (Å²) < 4.78 is 15.5. The molecule has 0 atom stereocenters. The van der Waals surface area contributed by atoms with Crippen LogP contribution in [0.2, 0.25) is 0 Å². The quantitative estimate of drug-likeness (QED) is 0.769. The van der Waals surface area contributed by atoms with Crippen LogP contribution in [0.15, 0.2) is 18.2 Å². The molecule has 4 nitrogen and oxygen atoms in total. The number of esters is 1. The number of benzene rings is 1. The molecule has 0 spiro atoms. The van der Waals surface area contributed by atoms with Gasteiger partial charge < -0.3 is 14.2 Å². The first kappa shape index (κ1) is 12.7. The summed E-state index contributed by atoms with van der Waals surface area (Å²) in [5, 5.41) is 0. The summed E-state index contributed by atoms with van der Waals surface area (Å²) in [5.41, 5.74) is 0.357. The molecule has 1 aliphatic rings. The topological polar surface area (TPSA) is 44.8 Å². The molecule has 0 N–H and O–H groups in total. The minimum absolute atomic E-state index is 0.183. The van der Waals surface area contributed by atoms with Crippen LogP contribution in [0.4, 0.5) is 0 Å². The van der Waals surface area contributed by atoms with E-state index in [9.17, 15) is 4.79 Å². The van der Waals surface area contributed by atoms with Crippen LogP contribution in [0.25, 0.3) is 0 Å². The summed E-state index contributed by atoms with van der Waals surface area (Å²) in [5.74, 6) is 1.21. The van der Waals surface area contributed by atoms with Crippen molar-refractivity contribution < 1.29 is 19.0 Å². The Kier molecular flexibility index (Phi) is 3.45. The predicted molar refractivity (Wildman–Crippen MR) is 67.1 cm³/mol. The lowest BCUT2D eigenvalue weighted by Gasteiger charge is -2.39. The van der Waals surface area contributed by atoms with Crippen LogP contribution in [0.3, 0.4) is 0 Å². The lowest BCUT2D eigenvalue weighted by molar-refractivity contribution is -0.151. The maximum atomic E-state index is 12.0. The first-order valence-electron chi connectivity index (χ1n) is 5.99. The molecule has 0 amide bonds. The van der Waals surface area contributed by atoms with Gasteiger partial charge in [0.05, 0.1) is 26.7 Å². The van der Waals surface area contributed by atoms with E-state index in [1.165, 1.54) is 7.11 Å². The van der Waals surface area contributed by atoms with Gasteiger partial charge in [0.15, 0.2) is 0 Å². The Morgan fingerprint density at radius 1 is 1.17 bits per heavy atom. The van der Waals surface area contributed by atoms with Crippen LogP contribution in [0.5, 0.6) is 11.5 Å². The van der Waals surface area contributed by atoms with Crippen LogP contribution < -0.4 is 9.47 Å². The average molecular weight is 250 g/mol. The van der Waals surface area contributed by atoms with Crippen LogP contribution in [0.1, 0.15) is 24.8 Å². The molecule has 2 rings (SSSR count). The Bertz CT molecular complexity index is 449. The molecule has 0 heterocycles. The Morgan fingerprint density at radius 2 is 1.89 bits per heavy atom. The summed E-state index contributed by atoms with van der Waals surface area (Å²) >= 11 is 0. The van der Waals surface area contributed by atoms with E-state index in [1.54, 1.807) is 20.3 Å². The molecule has 0 aromatic heterocycles. The second-order valence-corrected chi connectivity index (χ2v) is 4.49. The summed E-state index contributed by atoms with van der Waals surface area (Å²) in [4.78, 5) is 12.0. The zero-order chi connectivity index (χ0) is 13.2. The number of methoxy groups -OCH3 is 3. The number of hydrogen-bond acceptors (Lipinski definition) is 4. The van der Waals surface area contributed by atoms with Crippen LogP contribution in [-0.4, -0.2) is 27.3 Å². The molecule has 0 aliphatic heterocycles. The van der Waals surface area contributed by atoms with Gasteiger partial charge in [0, 0.05) is 11.6 Å². The van der Waals surface area contributed by atoms with Gasteiger partial charge >= 0.3 is 5.97 Å². The molecule has 0 radical (unpaired) electrons. The first-order valence-corrected chi connectivity index (χ1v) is 5.99. The van der Waals surface area contributed by atoms with Crippen LogP contribution in [0, 0.1) is 0 Å². The largest absolute Gasteiger partial charge is 0.497 e. The fourth-order valence-corrected chi connectivity index (χ4v) is 2.50. The third kappa shape index (κ3) is 1.82.